The summed E-state index contributed by atoms with van der Waals surface area (Å²) in [6, 6.07) is 6.17. The molecule has 0 aliphatic rings. The Morgan fingerprint density at radius 1 is 1.07 bits per heavy atom. The van der Waals surface area contributed by atoms with Gasteiger partial charge in [0.15, 0.2) is 0 Å². The van der Waals surface area contributed by atoms with Crippen LogP contribution in [0.25, 0.3) is 0 Å². The Kier molecular flexibility index (Phi) is 11.6. The number of nitrogens with zero attached hydrogens (tertiary/aromatic N) is 1. The smallest absolute Gasteiger partial charge is 0.414 e. The number of aliphatic hydroxyl groups is 1. The van der Waals surface area contributed by atoms with Gasteiger partial charge in [-0.3, -0.25) is 4.79 Å². The van der Waals surface area contributed by atoms with Crippen molar-refractivity contribution in [3.8, 4) is 0 Å². The van der Waals surface area contributed by atoms with Crippen molar-refractivity contribution in [3.05, 3.63) is 24.3 Å². The number of carbonyl (C=O) groups is 3. The van der Waals surface area contributed by atoms with Crippen molar-refractivity contribution >= 4 is 33.6 Å². The van der Waals surface area contributed by atoms with E-state index in [1.807, 2.05) is 0 Å². The number of hydrogen-bond donors (Lipinski definition) is 5. The largest absolute Gasteiger partial charge is 0.473 e. The number of amides is 1. The van der Waals surface area contributed by atoms with Gasteiger partial charge < -0.3 is 26.0 Å². The molecule has 0 fully saturated rings. The zero-order chi connectivity index (χ0) is 21.7. The first-order chi connectivity index (χ1) is 13.1. The number of benzene rings is 1. The Morgan fingerprint density at radius 2 is 1.64 bits per heavy atom. The molecule has 158 valence electrons. The summed E-state index contributed by atoms with van der Waals surface area (Å²) in [6.07, 6.45) is 0. The second-order valence-corrected chi connectivity index (χ2v) is 7.11. The summed E-state index contributed by atoms with van der Waals surface area (Å²) in [5.74, 6) is -3.95. The lowest BCUT2D eigenvalue weighted by atomic mass is 10.3. The van der Waals surface area contributed by atoms with Crippen LogP contribution in [0.2, 0.25) is 0 Å². The maximum Gasteiger partial charge on any atom is 0.414 e. The number of aliphatic carboxylic acids is 2. The second-order valence-electron chi connectivity index (χ2n) is 5.18. The fourth-order valence-electron chi connectivity index (χ4n) is 1.93. The number of hydrogen-bond acceptors (Lipinski definition) is 7. The molecule has 1 aromatic carbocycles. The number of carboxylic acids is 2. The van der Waals surface area contributed by atoms with Crippen LogP contribution >= 0.6 is 0 Å². The maximum absolute atomic E-state index is 12.4. The van der Waals surface area contributed by atoms with Gasteiger partial charge in [0, 0.05) is 25.3 Å². The molecule has 0 aliphatic carbocycles. The lowest BCUT2D eigenvalue weighted by Gasteiger charge is -2.18. The molecule has 0 radical (unpaired) electrons. The highest BCUT2D eigenvalue weighted by Gasteiger charge is 2.21. The number of carboxylic acid groups (broad SMARTS) is 2. The number of rotatable bonds is 9. The molecular weight excluding hydrogens is 394 g/mol. The third-order valence-corrected chi connectivity index (χ3v) is 5.26. The molecule has 1 rings (SSSR count). The van der Waals surface area contributed by atoms with Crippen LogP contribution in [0.3, 0.4) is 0 Å². The van der Waals surface area contributed by atoms with Crippen LogP contribution in [0, 0.1) is 0 Å². The molecule has 0 saturated heterocycles. The lowest BCUT2D eigenvalue weighted by Crippen LogP contribution is -2.31. The maximum atomic E-state index is 12.4. The normalized spacial score (nSPS) is 10.7. The van der Waals surface area contributed by atoms with Crippen LogP contribution in [0.1, 0.15) is 13.8 Å². The highest BCUT2D eigenvalue weighted by molar-refractivity contribution is 7.89. The summed E-state index contributed by atoms with van der Waals surface area (Å²) in [4.78, 5) is 30.0. The molecule has 1 aromatic rings. The first-order valence-corrected chi connectivity index (χ1v) is 9.71. The third-order valence-electron chi connectivity index (χ3n) is 3.22. The number of anilines is 1. The molecule has 0 saturated carbocycles. The molecule has 0 aliphatic heterocycles. The van der Waals surface area contributed by atoms with Crippen LogP contribution in [-0.4, -0.2) is 78.7 Å². The number of nitrogens with one attached hydrogen (secondary N) is 2. The van der Waals surface area contributed by atoms with E-state index in [1.54, 1.807) is 26.0 Å². The van der Waals surface area contributed by atoms with Gasteiger partial charge in [-0.1, -0.05) is 19.9 Å². The van der Waals surface area contributed by atoms with E-state index < -0.39 is 22.0 Å². The summed E-state index contributed by atoms with van der Waals surface area (Å²) in [5, 5.41) is 28.8. The molecule has 12 heteroatoms. The fourth-order valence-corrected chi connectivity index (χ4v) is 3.44. The number of sulfonamides is 1. The molecule has 1 amide bonds. The van der Waals surface area contributed by atoms with Gasteiger partial charge in [0.05, 0.1) is 18.0 Å². The minimum atomic E-state index is -3.55. The molecule has 0 aromatic heterocycles. The molecule has 0 unspecified atom stereocenters. The van der Waals surface area contributed by atoms with E-state index in [4.69, 9.17) is 24.9 Å². The molecule has 28 heavy (non-hydrogen) atoms. The van der Waals surface area contributed by atoms with Crippen molar-refractivity contribution in [1.82, 2.24) is 9.62 Å². The predicted molar refractivity (Wildman–Crippen MR) is 100 cm³/mol. The average molecular weight is 419 g/mol. The minimum absolute atomic E-state index is 0.0492. The molecule has 11 nitrogen and oxygen atoms in total. The number of carbonyl (C=O) groups excluding carboxylic acids is 1. The van der Waals surface area contributed by atoms with E-state index >= 15 is 0 Å². The van der Waals surface area contributed by atoms with Crippen molar-refractivity contribution < 1.29 is 38.1 Å². The summed E-state index contributed by atoms with van der Waals surface area (Å²) >= 11 is 0. The molecule has 0 heterocycles. The monoisotopic (exact) mass is 419 g/mol. The van der Waals surface area contributed by atoms with Gasteiger partial charge in [-0.2, -0.15) is 4.31 Å². The quantitative estimate of drug-likeness (QED) is 0.258. The molecule has 5 N–H and O–H groups in total. The lowest BCUT2D eigenvalue weighted by molar-refractivity contribution is -0.159. The van der Waals surface area contributed by atoms with Gasteiger partial charge in [-0.05, 0) is 18.2 Å². The SMILES string of the molecule is CCN(CC)S(=O)(=O)c1cccc(NC(=O)CNCCO)c1.O=C(O)C(=O)O. The van der Waals surface area contributed by atoms with Crippen LogP contribution in [0.5, 0.6) is 0 Å². The topological polar surface area (TPSA) is 173 Å². The zero-order valence-electron chi connectivity index (χ0n) is 15.6. The second kappa shape index (κ2) is 12.8. The van der Waals surface area contributed by atoms with E-state index in [-0.39, 0.29) is 24.0 Å². The van der Waals surface area contributed by atoms with Gasteiger partial charge in [0.1, 0.15) is 0 Å². The first kappa shape index (κ1) is 25.5. The molecule has 0 bridgehead atoms. The molecular formula is C16H25N3O8S. The number of aliphatic hydroxyl groups excluding tert-OH is 1. The molecule has 0 atom stereocenters. The van der Waals surface area contributed by atoms with Crippen molar-refractivity contribution in [1.29, 1.82) is 0 Å². The van der Waals surface area contributed by atoms with Crippen LogP contribution in [0.15, 0.2) is 29.2 Å². The van der Waals surface area contributed by atoms with Crippen molar-refractivity contribution in [2.24, 2.45) is 0 Å². The van der Waals surface area contributed by atoms with E-state index in [0.717, 1.165) is 0 Å². The van der Waals surface area contributed by atoms with Crippen LogP contribution in [-0.2, 0) is 24.4 Å². The van der Waals surface area contributed by atoms with Crippen LogP contribution in [0.4, 0.5) is 5.69 Å². The zero-order valence-corrected chi connectivity index (χ0v) is 16.4. The minimum Gasteiger partial charge on any atom is -0.473 e. The van der Waals surface area contributed by atoms with Gasteiger partial charge in [0.2, 0.25) is 15.9 Å². The highest BCUT2D eigenvalue weighted by atomic mass is 32.2. The van der Waals surface area contributed by atoms with E-state index in [9.17, 15) is 13.2 Å². The van der Waals surface area contributed by atoms with E-state index in [0.29, 0.717) is 25.3 Å². The van der Waals surface area contributed by atoms with Crippen molar-refractivity contribution in [2.45, 2.75) is 18.7 Å². The first-order valence-electron chi connectivity index (χ1n) is 8.27. The van der Waals surface area contributed by atoms with Gasteiger partial charge in [-0.25, -0.2) is 18.0 Å². The average Bonchev–Trinajstić information content (AvgIpc) is 2.63. The van der Waals surface area contributed by atoms with Gasteiger partial charge in [-0.15, -0.1) is 0 Å². The summed E-state index contributed by atoms with van der Waals surface area (Å²) < 4.78 is 26.2. The van der Waals surface area contributed by atoms with Crippen molar-refractivity contribution in [3.63, 3.8) is 0 Å². The fraction of sp³-hybridized carbons (Fsp3) is 0.438. The van der Waals surface area contributed by atoms with Crippen molar-refractivity contribution in [2.75, 3.05) is 38.1 Å². The van der Waals surface area contributed by atoms with Gasteiger partial charge in [0.25, 0.3) is 0 Å². The Hall–Kier alpha value is -2.54. The summed E-state index contributed by atoms with van der Waals surface area (Å²) in [5.41, 5.74) is 0.420. The summed E-state index contributed by atoms with van der Waals surface area (Å²) in [7, 11) is -3.55. The standard InChI is InChI=1S/C14H23N3O4S.C2H2O4/c1-3-17(4-2)22(20,21)13-7-5-6-12(10-13)16-14(19)11-15-8-9-18;3-1(4)2(5)6/h5-7,10,15,18H,3-4,8-9,11H2,1-2H3,(H,16,19);(H,3,4)(H,5,6). The Balaban J connectivity index is 0.00000105. The Bertz CT molecular complexity index is 751. The van der Waals surface area contributed by atoms with Crippen LogP contribution < -0.4 is 10.6 Å². The Labute approximate surface area is 163 Å². The third kappa shape index (κ3) is 8.90. The highest BCUT2D eigenvalue weighted by Crippen LogP contribution is 2.19. The summed E-state index contributed by atoms with van der Waals surface area (Å²) in [6.45, 7) is 4.66. The van der Waals surface area contributed by atoms with E-state index in [2.05, 4.69) is 10.6 Å². The molecule has 0 spiro atoms. The van der Waals surface area contributed by atoms with E-state index in [1.165, 1.54) is 16.4 Å². The van der Waals surface area contributed by atoms with Gasteiger partial charge >= 0.3 is 11.9 Å². The predicted octanol–water partition coefficient (Wildman–Crippen LogP) is -0.607. The Morgan fingerprint density at radius 3 is 2.11 bits per heavy atom.